The van der Waals surface area contributed by atoms with Crippen LogP contribution in [0, 0.1) is 12.7 Å². The van der Waals surface area contributed by atoms with E-state index in [4.69, 9.17) is 0 Å². The summed E-state index contributed by atoms with van der Waals surface area (Å²) in [5.74, 6) is -0.775. The van der Waals surface area contributed by atoms with Crippen LogP contribution in [0.25, 0.3) is 0 Å². The molecule has 0 unspecified atom stereocenters. The molecule has 0 aliphatic carbocycles. The Kier molecular flexibility index (Phi) is 3.74. The normalized spacial score (nSPS) is 20.0. The molecule has 0 spiro atoms. The number of piperidine rings is 1. The molecule has 17 heavy (non-hydrogen) atoms. The van der Waals surface area contributed by atoms with Gasteiger partial charge in [-0.3, -0.25) is 4.79 Å². The van der Waals surface area contributed by atoms with Crippen LogP contribution in [-0.2, 0) is 0 Å². The van der Waals surface area contributed by atoms with Gasteiger partial charge in [-0.05, 0) is 44.0 Å². The van der Waals surface area contributed by atoms with E-state index in [1.807, 2.05) is 0 Å². The molecule has 1 heterocycles. The summed E-state index contributed by atoms with van der Waals surface area (Å²) in [7, 11) is 0. The maximum Gasteiger partial charge on any atom is 0.254 e. The van der Waals surface area contributed by atoms with Gasteiger partial charge in [0, 0.05) is 12.6 Å². The Morgan fingerprint density at radius 1 is 1.53 bits per heavy atom. The van der Waals surface area contributed by atoms with Crippen molar-refractivity contribution in [3.05, 3.63) is 35.1 Å². The Hall–Kier alpha value is -1.42. The van der Waals surface area contributed by atoms with E-state index in [1.165, 1.54) is 12.1 Å². The van der Waals surface area contributed by atoms with Crippen LogP contribution in [0.5, 0.6) is 0 Å². The van der Waals surface area contributed by atoms with Crippen molar-refractivity contribution in [2.45, 2.75) is 25.8 Å². The highest BCUT2D eigenvalue weighted by Crippen LogP contribution is 2.11. The number of nitrogens with one attached hydrogen (secondary N) is 2. The molecule has 4 heteroatoms. The molecule has 0 saturated carbocycles. The van der Waals surface area contributed by atoms with Crippen molar-refractivity contribution in [3.63, 3.8) is 0 Å². The number of carbonyl (C=O) groups is 1. The lowest BCUT2D eigenvalue weighted by atomic mass is 10.1. The molecular weight excluding hydrogens is 219 g/mol. The van der Waals surface area contributed by atoms with Crippen LogP contribution < -0.4 is 10.6 Å². The zero-order valence-corrected chi connectivity index (χ0v) is 9.92. The molecule has 1 aromatic rings. The zero-order chi connectivity index (χ0) is 12.3. The Morgan fingerprint density at radius 2 is 2.35 bits per heavy atom. The lowest BCUT2D eigenvalue weighted by molar-refractivity contribution is 0.0926. The monoisotopic (exact) mass is 236 g/mol. The molecule has 1 atom stereocenters. The molecule has 1 aliphatic heterocycles. The van der Waals surface area contributed by atoms with Gasteiger partial charge in [-0.1, -0.05) is 6.07 Å². The largest absolute Gasteiger partial charge is 0.348 e. The molecule has 2 rings (SSSR count). The third-order valence-corrected chi connectivity index (χ3v) is 3.00. The Balaban J connectivity index is 2.03. The summed E-state index contributed by atoms with van der Waals surface area (Å²) in [6.07, 6.45) is 1.99. The number of amides is 1. The Morgan fingerprint density at radius 3 is 3.00 bits per heavy atom. The van der Waals surface area contributed by atoms with Gasteiger partial charge in [0.25, 0.3) is 5.91 Å². The van der Waals surface area contributed by atoms with E-state index in [-0.39, 0.29) is 17.5 Å². The second kappa shape index (κ2) is 5.27. The number of hydrogen-bond acceptors (Lipinski definition) is 2. The van der Waals surface area contributed by atoms with Gasteiger partial charge in [0.05, 0.1) is 5.56 Å². The first kappa shape index (κ1) is 12.0. The standard InChI is InChI=1S/C13H17FN2O/c1-9-4-5-11(12(14)7-9)13(17)16-10-3-2-6-15-8-10/h4-5,7,10,15H,2-3,6,8H2,1H3,(H,16,17)/t10-/m0/s1. The molecular formula is C13H17FN2O. The van der Waals surface area contributed by atoms with Gasteiger partial charge in [-0.2, -0.15) is 0 Å². The first-order chi connectivity index (χ1) is 8.16. The number of carbonyl (C=O) groups excluding carboxylic acids is 1. The van der Waals surface area contributed by atoms with Crippen molar-refractivity contribution in [3.8, 4) is 0 Å². The van der Waals surface area contributed by atoms with Crippen LogP contribution in [0.15, 0.2) is 18.2 Å². The van der Waals surface area contributed by atoms with Crippen LogP contribution >= 0.6 is 0 Å². The number of benzene rings is 1. The minimum absolute atomic E-state index is 0.108. The van der Waals surface area contributed by atoms with Gasteiger partial charge in [0.2, 0.25) is 0 Å². The summed E-state index contributed by atoms with van der Waals surface area (Å²) < 4.78 is 13.6. The SMILES string of the molecule is Cc1ccc(C(=O)N[C@H]2CCCNC2)c(F)c1. The van der Waals surface area contributed by atoms with Crippen LogP contribution in [0.3, 0.4) is 0 Å². The smallest absolute Gasteiger partial charge is 0.254 e. The van der Waals surface area contributed by atoms with Gasteiger partial charge in [0.15, 0.2) is 0 Å². The number of halogens is 1. The quantitative estimate of drug-likeness (QED) is 0.819. The van der Waals surface area contributed by atoms with E-state index in [0.717, 1.165) is 31.5 Å². The molecule has 1 amide bonds. The molecule has 0 aromatic heterocycles. The summed E-state index contributed by atoms with van der Waals surface area (Å²) in [6.45, 7) is 3.56. The van der Waals surface area contributed by atoms with E-state index in [1.54, 1.807) is 13.0 Å². The van der Waals surface area contributed by atoms with Crippen molar-refractivity contribution in [1.29, 1.82) is 0 Å². The van der Waals surface area contributed by atoms with Crippen LogP contribution in [0.4, 0.5) is 4.39 Å². The fraction of sp³-hybridized carbons (Fsp3) is 0.462. The van der Waals surface area contributed by atoms with Crippen molar-refractivity contribution in [1.82, 2.24) is 10.6 Å². The fourth-order valence-corrected chi connectivity index (χ4v) is 2.04. The lowest BCUT2D eigenvalue weighted by Gasteiger charge is -2.23. The summed E-state index contributed by atoms with van der Waals surface area (Å²) in [6, 6.07) is 4.78. The first-order valence-electron chi connectivity index (χ1n) is 5.94. The maximum absolute atomic E-state index is 13.6. The van der Waals surface area contributed by atoms with E-state index in [2.05, 4.69) is 10.6 Å². The van der Waals surface area contributed by atoms with Gasteiger partial charge < -0.3 is 10.6 Å². The molecule has 3 nitrogen and oxygen atoms in total. The molecule has 0 radical (unpaired) electrons. The van der Waals surface area contributed by atoms with Crippen molar-refractivity contribution < 1.29 is 9.18 Å². The zero-order valence-electron chi connectivity index (χ0n) is 9.92. The molecule has 1 aliphatic rings. The minimum Gasteiger partial charge on any atom is -0.348 e. The van der Waals surface area contributed by atoms with Crippen LogP contribution in [-0.4, -0.2) is 25.0 Å². The second-order valence-electron chi connectivity index (χ2n) is 4.50. The Labute approximate surface area is 100 Å². The third kappa shape index (κ3) is 3.03. The van der Waals surface area contributed by atoms with E-state index in [9.17, 15) is 9.18 Å². The molecule has 1 aromatic carbocycles. The molecule has 2 N–H and O–H groups in total. The molecule has 1 saturated heterocycles. The molecule has 1 fully saturated rings. The number of hydrogen-bond donors (Lipinski definition) is 2. The van der Waals surface area contributed by atoms with Gasteiger partial charge in [0.1, 0.15) is 5.82 Å². The average Bonchev–Trinajstić information content (AvgIpc) is 2.30. The molecule has 92 valence electrons. The van der Waals surface area contributed by atoms with Crippen LogP contribution in [0.1, 0.15) is 28.8 Å². The van der Waals surface area contributed by atoms with Gasteiger partial charge >= 0.3 is 0 Å². The van der Waals surface area contributed by atoms with E-state index >= 15 is 0 Å². The summed E-state index contributed by atoms with van der Waals surface area (Å²) in [5.41, 5.74) is 0.944. The van der Waals surface area contributed by atoms with Crippen molar-refractivity contribution >= 4 is 5.91 Å². The lowest BCUT2D eigenvalue weighted by Crippen LogP contribution is -2.45. The van der Waals surface area contributed by atoms with Gasteiger partial charge in [-0.15, -0.1) is 0 Å². The highest BCUT2D eigenvalue weighted by molar-refractivity contribution is 5.94. The van der Waals surface area contributed by atoms with Crippen molar-refractivity contribution in [2.24, 2.45) is 0 Å². The predicted octanol–water partition coefficient (Wildman–Crippen LogP) is 1.62. The summed E-state index contributed by atoms with van der Waals surface area (Å²) in [4.78, 5) is 11.9. The minimum atomic E-state index is -0.453. The van der Waals surface area contributed by atoms with E-state index in [0.29, 0.717) is 0 Å². The topological polar surface area (TPSA) is 41.1 Å². The highest BCUT2D eigenvalue weighted by atomic mass is 19.1. The molecule has 0 bridgehead atoms. The third-order valence-electron chi connectivity index (χ3n) is 3.00. The number of aryl methyl sites for hydroxylation is 1. The van der Waals surface area contributed by atoms with Gasteiger partial charge in [-0.25, -0.2) is 4.39 Å². The highest BCUT2D eigenvalue weighted by Gasteiger charge is 2.18. The first-order valence-corrected chi connectivity index (χ1v) is 5.94. The van der Waals surface area contributed by atoms with Crippen LogP contribution in [0.2, 0.25) is 0 Å². The van der Waals surface area contributed by atoms with E-state index < -0.39 is 5.82 Å². The van der Waals surface area contributed by atoms with Crippen molar-refractivity contribution in [2.75, 3.05) is 13.1 Å². The summed E-state index contributed by atoms with van der Waals surface area (Å²) >= 11 is 0. The average molecular weight is 236 g/mol. The fourth-order valence-electron chi connectivity index (χ4n) is 2.04. The number of rotatable bonds is 2. The second-order valence-corrected chi connectivity index (χ2v) is 4.50. The predicted molar refractivity (Wildman–Crippen MR) is 64.5 cm³/mol. The summed E-state index contributed by atoms with van der Waals surface area (Å²) in [5, 5.41) is 6.06. The Bertz CT molecular complexity index is 414. The maximum atomic E-state index is 13.6.